The van der Waals surface area contributed by atoms with Crippen LogP contribution < -0.4 is 5.32 Å². The molecule has 0 aliphatic carbocycles. The van der Waals surface area contributed by atoms with Crippen molar-refractivity contribution >= 4 is 6.09 Å². The Balaban J connectivity index is 2.10. The minimum Gasteiger partial charge on any atom is -0.465 e. The molecule has 0 aliphatic heterocycles. The molecule has 2 aromatic heterocycles. The summed E-state index contributed by atoms with van der Waals surface area (Å²) in [6.07, 6.45) is -0.911. The molecule has 0 saturated heterocycles. The Morgan fingerprint density at radius 2 is 2.21 bits per heavy atom. The second-order valence-electron chi connectivity index (χ2n) is 3.67. The lowest BCUT2D eigenvalue weighted by atomic mass is 10.3. The summed E-state index contributed by atoms with van der Waals surface area (Å²) in [7, 11) is 0. The summed E-state index contributed by atoms with van der Waals surface area (Å²) in [6.45, 7) is 0.129. The SMILES string of the molecule is O=C(O)NCc1ccc(-n2ccc(C(F)F)n2)nc1. The van der Waals surface area contributed by atoms with Gasteiger partial charge in [-0.05, 0) is 17.7 Å². The molecule has 0 aliphatic rings. The molecular formula is C11H10F2N4O2. The number of halogens is 2. The number of pyridine rings is 1. The van der Waals surface area contributed by atoms with Crippen molar-refractivity contribution in [2.75, 3.05) is 0 Å². The number of alkyl halides is 2. The third kappa shape index (κ3) is 3.24. The quantitative estimate of drug-likeness (QED) is 0.888. The van der Waals surface area contributed by atoms with Gasteiger partial charge in [0.05, 0.1) is 0 Å². The molecule has 0 aromatic carbocycles. The van der Waals surface area contributed by atoms with Crippen LogP contribution >= 0.6 is 0 Å². The fourth-order valence-electron chi connectivity index (χ4n) is 1.42. The molecule has 0 bridgehead atoms. The van der Waals surface area contributed by atoms with Gasteiger partial charge in [-0.2, -0.15) is 5.10 Å². The summed E-state index contributed by atoms with van der Waals surface area (Å²) < 4.78 is 26.0. The van der Waals surface area contributed by atoms with Crippen molar-refractivity contribution in [3.05, 3.63) is 41.9 Å². The van der Waals surface area contributed by atoms with E-state index < -0.39 is 12.5 Å². The molecule has 0 saturated carbocycles. The molecule has 100 valence electrons. The Morgan fingerprint density at radius 1 is 1.42 bits per heavy atom. The Hall–Kier alpha value is -2.51. The number of carbonyl (C=O) groups is 1. The molecule has 0 atom stereocenters. The van der Waals surface area contributed by atoms with E-state index in [2.05, 4.69) is 15.4 Å². The number of aromatic nitrogens is 3. The summed E-state index contributed by atoms with van der Waals surface area (Å²) in [6, 6.07) is 4.43. The maximum Gasteiger partial charge on any atom is 0.404 e. The number of rotatable bonds is 4. The first-order chi connectivity index (χ1) is 9.06. The Labute approximate surface area is 106 Å². The highest BCUT2D eigenvalue weighted by Crippen LogP contribution is 2.16. The van der Waals surface area contributed by atoms with E-state index >= 15 is 0 Å². The predicted octanol–water partition coefficient (Wildman–Crippen LogP) is 1.97. The summed E-state index contributed by atoms with van der Waals surface area (Å²) in [5.74, 6) is 0.381. The van der Waals surface area contributed by atoms with Gasteiger partial charge in [0.25, 0.3) is 6.43 Å². The van der Waals surface area contributed by atoms with E-state index in [0.717, 1.165) is 0 Å². The van der Waals surface area contributed by atoms with Crippen LogP contribution in [0.2, 0.25) is 0 Å². The van der Waals surface area contributed by atoms with Gasteiger partial charge in [0.15, 0.2) is 5.82 Å². The molecule has 0 unspecified atom stereocenters. The molecule has 0 fully saturated rings. The first kappa shape index (κ1) is 12.9. The van der Waals surface area contributed by atoms with Crippen molar-refractivity contribution in [2.45, 2.75) is 13.0 Å². The fourth-order valence-corrected chi connectivity index (χ4v) is 1.42. The zero-order chi connectivity index (χ0) is 13.8. The van der Waals surface area contributed by atoms with Crippen molar-refractivity contribution in [3.8, 4) is 5.82 Å². The second kappa shape index (κ2) is 5.42. The predicted molar refractivity (Wildman–Crippen MR) is 61.2 cm³/mol. The normalized spacial score (nSPS) is 10.7. The molecule has 2 rings (SSSR count). The van der Waals surface area contributed by atoms with E-state index in [9.17, 15) is 13.6 Å². The zero-order valence-corrected chi connectivity index (χ0v) is 9.62. The lowest BCUT2D eigenvalue weighted by molar-refractivity contribution is 0.145. The smallest absolute Gasteiger partial charge is 0.404 e. The van der Waals surface area contributed by atoms with Crippen LogP contribution in [0.25, 0.3) is 5.82 Å². The van der Waals surface area contributed by atoms with Gasteiger partial charge in [0, 0.05) is 18.9 Å². The molecule has 6 nitrogen and oxygen atoms in total. The average Bonchev–Trinajstić information content (AvgIpc) is 2.86. The van der Waals surface area contributed by atoms with E-state index in [1.807, 2.05) is 0 Å². The Morgan fingerprint density at radius 3 is 2.74 bits per heavy atom. The van der Waals surface area contributed by atoms with Crippen molar-refractivity contribution in [1.29, 1.82) is 0 Å². The highest BCUT2D eigenvalue weighted by atomic mass is 19.3. The minimum atomic E-state index is -2.62. The highest BCUT2D eigenvalue weighted by molar-refractivity contribution is 5.64. The number of hydrogen-bond acceptors (Lipinski definition) is 3. The summed E-state index contributed by atoms with van der Waals surface area (Å²) in [5.41, 5.74) is 0.339. The summed E-state index contributed by atoms with van der Waals surface area (Å²) in [4.78, 5) is 14.3. The van der Waals surface area contributed by atoms with Crippen LogP contribution in [0.1, 0.15) is 17.7 Å². The van der Waals surface area contributed by atoms with Gasteiger partial charge < -0.3 is 10.4 Å². The van der Waals surface area contributed by atoms with Gasteiger partial charge in [0.2, 0.25) is 0 Å². The number of amides is 1. The van der Waals surface area contributed by atoms with E-state index in [4.69, 9.17) is 5.11 Å². The topological polar surface area (TPSA) is 80.0 Å². The van der Waals surface area contributed by atoms with Gasteiger partial charge in [-0.3, -0.25) is 0 Å². The van der Waals surface area contributed by atoms with E-state index in [-0.39, 0.29) is 12.2 Å². The van der Waals surface area contributed by atoms with Gasteiger partial charge in [-0.15, -0.1) is 0 Å². The average molecular weight is 268 g/mol. The molecule has 2 aromatic rings. The van der Waals surface area contributed by atoms with E-state index in [1.54, 1.807) is 12.1 Å². The van der Waals surface area contributed by atoms with Crippen molar-refractivity contribution in [3.63, 3.8) is 0 Å². The number of hydrogen-bond donors (Lipinski definition) is 2. The largest absolute Gasteiger partial charge is 0.465 e. The number of nitrogens with one attached hydrogen (secondary N) is 1. The van der Waals surface area contributed by atoms with Gasteiger partial charge >= 0.3 is 6.09 Å². The monoisotopic (exact) mass is 268 g/mol. The van der Waals surface area contributed by atoms with Crippen LogP contribution in [-0.2, 0) is 6.54 Å². The molecule has 0 spiro atoms. The molecule has 8 heteroatoms. The van der Waals surface area contributed by atoms with Crippen LogP contribution in [0.5, 0.6) is 0 Å². The molecule has 2 heterocycles. The van der Waals surface area contributed by atoms with Crippen molar-refractivity contribution in [2.24, 2.45) is 0 Å². The standard InChI is InChI=1S/C11H10F2N4O2/c12-10(13)8-3-4-17(16-8)9-2-1-7(5-14-9)6-15-11(18)19/h1-5,10,15H,6H2,(H,18,19). The third-order valence-electron chi connectivity index (χ3n) is 2.32. The van der Waals surface area contributed by atoms with E-state index in [0.29, 0.717) is 11.4 Å². The molecule has 19 heavy (non-hydrogen) atoms. The maximum atomic E-state index is 12.4. The minimum absolute atomic E-state index is 0.129. The van der Waals surface area contributed by atoms with Crippen molar-refractivity contribution in [1.82, 2.24) is 20.1 Å². The first-order valence-electron chi connectivity index (χ1n) is 5.32. The lowest BCUT2D eigenvalue weighted by Gasteiger charge is -2.03. The lowest BCUT2D eigenvalue weighted by Crippen LogP contribution is -2.20. The zero-order valence-electron chi connectivity index (χ0n) is 9.62. The fraction of sp³-hybridized carbons (Fsp3) is 0.182. The van der Waals surface area contributed by atoms with Crippen LogP contribution in [0.4, 0.5) is 13.6 Å². The van der Waals surface area contributed by atoms with Crippen LogP contribution in [0, 0.1) is 0 Å². The second-order valence-corrected chi connectivity index (χ2v) is 3.67. The van der Waals surface area contributed by atoms with Crippen LogP contribution in [0.3, 0.4) is 0 Å². The Bertz CT molecular complexity index is 568. The summed E-state index contributed by atoms with van der Waals surface area (Å²) >= 11 is 0. The highest BCUT2D eigenvalue weighted by Gasteiger charge is 2.11. The first-order valence-corrected chi connectivity index (χ1v) is 5.32. The molecule has 0 radical (unpaired) electrons. The van der Waals surface area contributed by atoms with E-state index in [1.165, 1.54) is 23.1 Å². The van der Waals surface area contributed by atoms with Crippen LogP contribution in [-0.4, -0.2) is 26.0 Å². The number of nitrogens with zero attached hydrogens (tertiary/aromatic N) is 3. The van der Waals surface area contributed by atoms with Crippen LogP contribution in [0.15, 0.2) is 30.6 Å². The van der Waals surface area contributed by atoms with Gasteiger partial charge in [-0.25, -0.2) is 23.2 Å². The summed E-state index contributed by atoms with van der Waals surface area (Å²) in [5, 5.41) is 14.3. The number of carboxylic acid groups (broad SMARTS) is 1. The Kier molecular flexibility index (Phi) is 3.69. The molecule has 1 amide bonds. The van der Waals surface area contributed by atoms with Crippen molar-refractivity contribution < 1.29 is 18.7 Å². The van der Waals surface area contributed by atoms with Gasteiger partial charge in [0.1, 0.15) is 5.69 Å². The maximum absolute atomic E-state index is 12.4. The molecule has 2 N–H and O–H groups in total. The van der Waals surface area contributed by atoms with Gasteiger partial charge in [-0.1, -0.05) is 6.07 Å². The molecular weight excluding hydrogens is 258 g/mol. The third-order valence-corrected chi connectivity index (χ3v) is 2.32.